The highest BCUT2D eigenvalue weighted by molar-refractivity contribution is 6.01. The molecule has 1 saturated carbocycles. The molecule has 2 fully saturated rings. The monoisotopic (exact) mass is 252 g/mol. The molecule has 4 nitrogen and oxygen atoms in total. The highest BCUT2D eigenvalue weighted by Crippen LogP contribution is 2.29. The molecule has 2 atom stereocenters. The van der Waals surface area contributed by atoms with Crippen molar-refractivity contribution in [3.8, 4) is 0 Å². The Morgan fingerprint density at radius 2 is 1.94 bits per heavy atom. The van der Waals surface area contributed by atoms with Crippen LogP contribution in [0.3, 0.4) is 0 Å². The maximum Gasteiger partial charge on any atom is 0.229 e. The maximum atomic E-state index is 11.5. The van der Waals surface area contributed by atoms with Crippen molar-refractivity contribution in [2.75, 3.05) is 13.1 Å². The van der Waals surface area contributed by atoms with Gasteiger partial charge in [-0.2, -0.15) is 0 Å². The average molecular weight is 252 g/mol. The normalized spacial score (nSPS) is 28.4. The minimum atomic E-state index is 0.0241. The van der Waals surface area contributed by atoms with Crippen LogP contribution in [0.4, 0.5) is 0 Å². The molecular weight excluding hydrogens is 228 g/mol. The van der Waals surface area contributed by atoms with Gasteiger partial charge in [0.15, 0.2) is 0 Å². The Labute approximate surface area is 109 Å². The summed E-state index contributed by atoms with van der Waals surface area (Å²) in [7, 11) is 0. The molecule has 2 aliphatic rings. The van der Waals surface area contributed by atoms with Crippen LogP contribution in [0.5, 0.6) is 0 Å². The molecule has 0 aromatic rings. The molecule has 1 saturated heterocycles. The van der Waals surface area contributed by atoms with Gasteiger partial charge in [-0.15, -0.1) is 0 Å². The lowest BCUT2D eigenvalue weighted by Crippen LogP contribution is -2.36. The zero-order valence-corrected chi connectivity index (χ0v) is 11.3. The predicted octanol–water partition coefficient (Wildman–Crippen LogP) is 1.69. The Hall–Kier alpha value is -0.900. The average Bonchev–Trinajstić information content (AvgIpc) is 2.93. The summed E-state index contributed by atoms with van der Waals surface area (Å²) in [6.45, 7) is 3.88. The van der Waals surface area contributed by atoms with E-state index in [4.69, 9.17) is 0 Å². The van der Waals surface area contributed by atoms with E-state index in [-0.39, 0.29) is 11.8 Å². The van der Waals surface area contributed by atoms with Crippen LogP contribution >= 0.6 is 0 Å². The number of imide groups is 1. The standard InChI is InChI=1S/C14H24N2O2/c1-2-9-15-12-5-3-4-11(12)8-10-16-13(17)6-7-14(16)18/h11-12,15H,2-10H2,1H3. The number of carbonyl (C=O) groups is 2. The summed E-state index contributed by atoms with van der Waals surface area (Å²) in [5.74, 6) is 0.685. The van der Waals surface area contributed by atoms with Gasteiger partial charge >= 0.3 is 0 Å². The zero-order valence-electron chi connectivity index (χ0n) is 11.3. The molecule has 2 unspecified atom stereocenters. The second kappa shape index (κ2) is 6.32. The van der Waals surface area contributed by atoms with Gasteiger partial charge in [0.05, 0.1) is 0 Å². The second-order valence-corrected chi connectivity index (χ2v) is 5.48. The van der Waals surface area contributed by atoms with E-state index in [1.807, 2.05) is 0 Å². The molecule has 0 radical (unpaired) electrons. The molecule has 1 aliphatic carbocycles. The van der Waals surface area contributed by atoms with E-state index in [9.17, 15) is 9.59 Å². The number of rotatable bonds is 6. The summed E-state index contributed by atoms with van der Waals surface area (Å²) in [6, 6.07) is 0.595. The third kappa shape index (κ3) is 3.10. The van der Waals surface area contributed by atoms with Crippen LogP contribution in [-0.2, 0) is 9.59 Å². The van der Waals surface area contributed by atoms with Gasteiger partial charge in [0.25, 0.3) is 0 Å². The first-order chi connectivity index (χ1) is 8.72. The molecular formula is C14H24N2O2. The lowest BCUT2D eigenvalue weighted by atomic mass is 9.99. The first-order valence-electron chi connectivity index (χ1n) is 7.29. The lowest BCUT2D eigenvalue weighted by Gasteiger charge is -2.23. The summed E-state index contributed by atoms with van der Waals surface area (Å²) >= 11 is 0. The second-order valence-electron chi connectivity index (χ2n) is 5.48. The van der Waals surface area contributed by atoms with Crippen molar-refractivity contribution in [3.63, 3.8) is 0 Å². The molecule has 0 spiro atoms. The maximum absolute atomic E-state index is 11.5. The fourth-order valence-corrected chi connectivity index (χ4v) is 3.15. The number of nitrogens with one attached hydrogen (secondary N) is 1. The van der Waals surface area contributed by atoms with E-state index in [1.54, 1.807) is 0 Å². The first kappa shape index (κ1) is 13.5. The van der Waals surface area contributed by atoms with Gasteiger partial charge in [0.2, 0.25) is 11.8 Å². The number of hydrogen-bond acceptors (Lipinski definition) is 3. The quantitative estimate of drug-likeness (QED) is 0.732. The summed E-state index contributed by atoms with van der Waals surface area (Å²) < 4.78 is 0. The highest BCUT2D eigenvalue weighted by Gasteiger charge is 2.31. The van der Waals surface area contributed by atoms with E-state index >= 15 is 0 Å². The molecule has 2 rings (SSSR count). The molecule has 0 aromatic carbocycles. The van der Waals surface area contributed by atoms with E-state index in [0.29, 0.717) is 31.3 Å². The van der Waals surface area contributed by atoms with Crippen LogP contribution in [-0.4, -0.2) is 35.8 Å². The Morgan fingerprint density at radius 1 is 1.22 bits per heavy atom. The van der Waals surface area contributed by atoms with Gasteiger partial charge in [0, 0.05) is 25.4 Å². The van der Waals surface area contributed by atoms with Crippen LogP contribution in [0, 0.1) is 5.92 Å². The number of carbonyl (C=O) groups excluding carboxylic acids is 2. The van der Waals surface area contributed by atoms with Crippen LogP contribution in [0.2, 0.25) is 0 Å². The first-order valence-corrected chi connectivity index (χ1v) is 7.29. The molecule has 0 aromatic heterocycles. The smallest absolute Gasteiger partial charge is 0.229 e. The molecule has 2 amide bonds. The largest absolute Gasteiger partial charge is 0.314 e. The van der Waals surface area contributed by atoms with Gasteiger partial charge in [-0.05, 0) is 38.1 Å². The number of nitrogens with zero attached hydrogens (tertiary/aromatic N) is 1. The fraction of sp³-hybridized carbons (Fsp3) is 0.857. The Bertz CT molecular complexity index is 301. The van der Waals surface area contributed by atoms with E-state index in [2.05, 4.69) is 12.2 Å². The topological polar surface area (TPSA) is 49.4 Å². The number of hydrogen-bond donors (Lipinski definition) is 1. The van der Waals surface area contributed by atoms with Gasteiger partial charge in [0.1, 0.15) is 0 Å². The van der Waals surface area contributed by atoms with Crippen LogP contribution < -0.4 is 5.32 Å². The van der Waals surface area contributed by atoms with Crippen molar-refractivity contribution < 1.29 is 9.59 Å². The highest BCUT2D eigenvalue weighted by atomic mass is 16.2. The number of amides is 2. The molecule has 1 aliphatic heterocycles. The fourth-order valence-electron chi connectivity index (χ4n) is 3.15. The minimum absolute atomic E-state index is 0.0241. The Morgan fingerprint density at radius 3 is 2.61 bits per heavy atom. The van der Waals surface area contributed by atoms with Gasteiger partial charge in [-0.25, -0.2) is 0 Å². The Kier molecular flexibility index (Phi) is 4.75. The molecule has 102 valence electrons. The van der Waals surface area contributed by atoms with Crippen LogP contribution in [0.25, 0.3) is 0 Å². The van der Waals surface area contributed by atoms with Crippen LogP contribution in [0.15, 0.2) is 0 Å². The van der Waals surface area contributed by atoms with E-state index in [1.165, 1.54) is 24.2 Å². The minimum Gasteiger partial charge on any atom is -0.314 e. The van der Waals surface area contributed by atoms with Crippen molar-refractivity contribution in [2.24, 2.45) is 5.92 Å². The Balaban J connectivity index is 1.78. The predicted molar refractivity (Wildman–Crippen MR) is 70.0 cm³/mol. The number of likely N-dealkylation sites (tertiary alicyclic amines) is 1. The van der Waals surface area contributed by atoms with E-state index < -0.39 is 0 Å². The molecule has 1 heterocycles. The van der Waals surface area contributed by atoms with Crippen molar-refractivity contribution in [3.05, 3.63) is 0 Å². The molecule has 18 heavy (non-hydrogen) atoms. The SMILES string of the molecule is CCCNC1CCCC1CCN1C(=O)CCC1=O. The van der Waals surface area contributed by atoms with Gasteiger partial charge < -0.3 is 5.32 Å². The summed E-state index contributed by atoms with van der Waals surface area (Å²) in [5.41, 5.74) is 0. The van der Waals surface area contributed by atoms with Crippen LogP contribution in [0.1, 0.15) is 51.9 Å². The molecule has 1 N–H and O–H groups in total. The summed E-state index contributed by atoms with van der Waals surface area (Å²) in [5, 5.41) is 3.59. The summed E-state index contributed by atoms with van der Waals surface area (Å²) in [4.78, 5) is 24.5. The van der Waals surface area contributed by atoms with E-state index in [0.717, 1.165) is 19.4 Å². The summed E-state index contributed by atoms with van der Waals surface area (Å²) in [6.07, 6.45) is 6.71. The van der Waals surface area contributed by atoms with Crippen molar-refractivity contribution in [1.82, 2.24) is 10.2 Å². The van der Waals surface area contributed by atoms with Crippen molar-refractivity contribution >= 4 is 11.8 Å². The van der Waals surface area contributed by atoms with Gasteiger partial charge in [-0.1, -0.05) is 13.3 Å². The molecule has 0 bridgehead atoms. The zero-order chi connectivity index (χ0) is 13.0. The third-order valence-corrected chi connectivity index (χ3v) is 4.19. The van der Waals surface area contributed by atoms with Crippen molar-refractivity contribution in [1.29, 1.82) is 0 Å². The lowest BCUT2D eigenvalue weighted by molar-refractivity contribution is -0.138. The van der Waals surface area contributed by atoms with Gasteiger partial charge in [-0.3, -0.25) is 14.5 Å². The molecule has 4 heteroatoms. The van der Waals surface area contributed by atoms with Crippen molar-refractivity contribution in [2.45, 2.75) is 57.9 Å². The third-order valence-electron chi connectivity index (χ3n) is 4.19.